The second-order valence-electron chi connectivity index (χ2n) is 3.10. The Morgan fingerprint density at radius 3 is 2.93 bits per heavy atom. The van der Waals surface area contributed by atoms with E-state index in [1.165, 1.54) is 6.07 Å². The van der Waals surface area contributed by atoms with Gasteiger partial charge in [-0.1, -0.05) is 0 Å². The first kappa shape index (κ1) is 8.83. The molecular formula is C9H9NO4. The molecule has 0 saturated heterocycles. The van der Waals surface area contributed by atoms with Crippen molar-refractivity contribution in [1.29, 1.82) is 0 Å². The van der Waals surface area contributed by atoms with Crippen LogP contribution in [0.15, 0.2) is 12.1 Å². The Bertz CT molecular complexity index is 402. The minimum Gasteiger partial charge on any atom is -0.507 e. The molecular weight excluding hydrogens is 186 g/mol. The highest BCUT2D eigenvalue weighted by molar-refractivity contribution is 5.94. The van der Waals surface area contributed by atoms with Gasteiger partial charge in [-0.15, -0.1) is 0 Å². The Morgan fingerprint density at radius 2 is 2.29 bits per heavy atom. The van der Waals surface area contributed by atoms with E-state index in [4.69, 9.17) is 15.6 Å². The normalized spacial score (nSPS) is 18.8. The van der Waals surface area contributed by atoms with Crippen molar-refractivity contribution in [2.75, 3.05) is 6.61 Å². The van der Waals surface area contributed by atoms with E-state index >= 15 is 0 Å². The van der Waals surface area contributed by atoms with Gasteiger partial charge in [0.25, 0.3) is 0 Å². The molecule has 1 aromatic rings. The first-order valence-electron chi connectivity index (χ1n) is 4.09. The number of fused-ring (bicyclic) bond motifs is 1. The molecule has 1 heterocycles. The summed E-state index contributed by atoms with van der Waals surface area (Å²) in [5.41, 5.74) is 6.08. The topological polar surface area (TPSA) is 92.8 Å². The summed E-state index contributed by atoms with van der Waals surface area (Å²) in [6.07, 6.45) is 0. The Kier molecular flexibility index (Phi) is 1.82. The standard InChI is InChI=1S/C9H9NO4/c10-5-3-14-8-4(5)1-2-6(11)7(8)9(12)13/h1-2,5,11H,3,10H2,(H,12,13)/t5-/m1/s1. The maximum Gasteiger partial charge on any atom is 0.343 e. The molecule has 5 heteroatoms. The number of carboxylic acid groups (broad SMARTS) is 1. The van der Waals surface area contributed by atoms with Gasteiger partial charge in [-0.3, -0.25) is 0 Å². The molecule has 0 aromatic heterocycles. The molecule has 1 atom stereocenters. The fourth-order valence-corrected chi connectivity index (χ4v) is 1.51. The molecule has 74 valence electrons. The molecule has 0 spiro atoms. The molecule has 14 heavy (non-hydrogen) atoms. The summed E-state index contributed by atoms with van der Waals surface area (Å²) in [6, 6.07) is 2.58. The zero-order valence-electron chi connectivity index (χ0n) is 7.23. The fraction of sp³-hybridized carbons (Fsp3) is 0.222. The molecule has 0 saturated carbocycles. The van der Waals surface area contributed by atoms with E-state index in [0.717, 1.165) is 0 Å². The van der Waals surface area contributed by atoms with Crippen molar-refractivity contribution in [2.24, 2.45) is 5.73 Å². The number of hydrogen-bond donors (Lipinski definition) is 3. The number of hydrogen-bond acceptors (Lipinski definition) is 4. The smallest absolute Gasteiger partial charge is 0.343 e. The van der Waals surface area contributed by atoms with E-state index in [0.29, 0.717) is 5.56 Å². The Morgan fingerprint density at radius 1 is 1.57 bits per heavy atom. The first-order chi connectivity index (χ1) is 6.61. The number of carboxylic acids is 1. The zero-order valence-corrected chi connectivity index (χ0v) is 7.23. The van der Waals surface area contributed by atoms with E-state index in [1.54, 1.807) is 6.07 Å². The Labute approximate surface area is 79.7 Å². The number of rotatable bonds is 1. The third kappa shape index (κ3) is 1.10. The van der Waals surface area contributed by atoms with Gasteiger partial charge in [0.2, 0.25) is 0 Å². The van der Waals surface area contributed by atoms with E-state index in [2.05, 4.69) is 0 Å². The molecule has 2 rings (SSSR count). The van der Waals surface area contributed by atoms with E-state index in [9.17, 15) is 9.90 Å². The third-order valence-electron chi connectivity index (χ3n) is 2.19. The summed E-state index contributed by atoms with van der Waals surface area (Å²) in [5, 5.41) is 18.2. The molecule has 4 N–H and O–H groups in total. The summed E-state index contributed by atoms with van der Waals surface area (Å²) in [4.78, 5) is 10.8. The van der Waals surface area contributed by atoms with Crippen LogP contribution in [-0.2, 0) is 0 Å². The highest BCUT2D eigenvalue weighted by atomic mass is 16.5. The van der Waals surface area contributed by atoms with Gasteiger partial charge in [-0.2, -0.15) is 0 Å². The molecule has 0 fully saturated rings. The lowest BCUT2D eigenvalue weighted by atomic mass is 10.0. The number of benzene rings is 1. The molecule has 1 aliphatic heterocycles. The fourth-order valence-electron chi connectivity index (χ4n) is 1.51. The lowest BCUT2D eigenvalue weighted by Crippen LogP contribution is -2.10. The number of phenols is 1. The number of nitrogens with two attached hydrogens (primary N) is 1. The number of carbonyl (C=O) groups is 1. The van der Waals surface area contributed by atoms with Crippen molar-refractivity contribution >= 4 is 5.97 Å². The van der Waals surface area contributed by atoms with Gasteiger partial charge >= 0.3 is 5.97 Å². The third-order valence-corrected chi connectivity index (χ3v) is 2.19. The Balaban J connectivity index is 2.65. The minimum atomic E-state index is -1.21. The Hall–Kier alpha value is -1.75. The van der Waals surface area contributed by atoms with Gasteiger partial charge in [-0.25, -0.2) is 4.79 Å². The summed E-state index contributed by atoms with van der Waals surface area (Å²) in [6.45, 7) is 0.249. The second-order valence-corrected chi connectivity index (χ2v) is 3.10. The molecule has 0 bridgehead atoms. The molecule has 0 unspecified atom stereocenters. The average molecular weight is 195 g/mol. The summed E-state index contributed by atoms with van der Waals surface area (Å²) >= 11 is 0. The van der Waals surface area contributed by atoms with Crippen molar-refractivity contribution in [1.82, 2.24) is 0 Å². The van der Waals surface area contributed by atoms with Crippen LogP contribution in [0.1, 0.15) is 22.0 Å². The molecule has 0 amide bonds. The van der Waals surface area contributed by atoms with E-state index in [-0.39, 0.29) is 29.7 Å². The van der Waals surface area contributed by atoms with Crippen LogP contribution in [0.25, 0.3) is 0 Å². The van der Waals surface area contributed by atoms with Gasteiger partial charge in [0.05, 0.1) is 6.04 Å². The van der Waals surface area contributed by atoms with Gasteiger partial charge in [0.1, 0.15) is 23.7 Å². The SMILES string of the molecule is N[C@@H]1COc2c1ccc(O)c2C(=O)O. The molecule has 5 nitrogen and oxygen atoms in total. The van der Waals surface area contributed by atoms with Crippen LogP contribution in [0, 0.1) is 0 Å². The zero-order chi connectivity index (χ0) is 10.3. The monoisotopic (exact) mass is 195 g/mol. The largest absolute Gasteiger partial charge is 0.507 e. The predicted molar refractivity (Wildman–Crippen MR) is 47.5 cm³/mol. The van der Waals surface area contributed by atoms with Crippen molar-refractivity contribution in [3.63, 3.8) is 0 Å². The molecule has 0 aliphatic carbocycles. The lowest BCUT2D eigenvalue weighted by molar-refractivity contribution is 0.0690. The van der Waals surface area contributed by atoms with E-state index < -0.39 is 5.97 Å². The highest BCUT2D eigenvalue weighted by Crippen LogP contribution is 2.38. The maximum atomic E-state index is 10.8. The summed E-state index contributed by atoms with van der Waals surface area (Å²) in [5.74, 6) is -1.33. The second kappa shape index (κ2) is 2.88. The number of aromatic hydroxyl groups is 1. The van der Waals surface area contributed by atoms with E-state index in [1.807, 2.05) is 0 Å². The van der Waals surface area contributed by atoms with Crippen LogP contribution in [0.5, 0.6) is 11.5 Å². The van der Waals surface area contributed by atoms with Crippen LogP contribution < -0.4 is 10.5 Å². The molecule has 0 radical (unpaired) electrons. The number of aromatic carboxylic acids is 1. The highest BCUT2D eigenvalue weighted by Gasteiger charge is 2.28. The van der Waals surface area contributed by atoms with Crippen LogP contribution in [0.2, 0.25) is 0 Å². The lowest BCUT2D eigenvalue weighted by Gasteiger charge is -2.05. The van der Waals surface area contributed by atoms with Crippen LogP contribution >= 0.6 is 0 Å². The minimum absolute atomic E-state index is 0.185. The van der Waals surface area contributed by atoms with Crippen LogP contribution in [-0.4, -0.2) is 22.8 Å². The molecule has 1 aliphatic rings. The van der Waals surface area contributed by atoms with Gasteiger partial charge in [0, 0.05) is 5.56 Å². The summed E-state index contributed by atoms with van der Waals surface area (Å²) < 4.78 is 5.12. The average Bonchev–Trinajstić information content (AvgIpc) is 2.47. The van der Waals surface area contributed by atoms with Crippen molar-refractivity contribution < 1.29 is 19.7 Å². The maximum absolute atomic E-state index is 10.8. The number of ether oxygens (including phenoxy) is 1. The van der Waals surface area contributed by atoms with Crippen molar-refractivity contribution in [3.8, 4) is 11.5 Å². The van der Waals surface area contributed by atoms with Gasteiger partial charge in [-0.05, 0) is 12.1 Å². The van der Waals surface area contributed by atoms with Crippen molar-refractivity contribution in [2.45, 2.75) is 6.04 Å². The van der Waals surface area contributed by atoms with Crippen LogP contribution in [0.3, 0.4) is 0 Å². The first-order valence-corrected chi connectivity index (χ1v) is 4.09. The van der Waals surface area contributed by atoms with Gasteiger partial charge in [0.15, 0.2) is 0 Å². The summed E-state index contributed by atoms with van der Waals surface area (Å²) in [7, 11) is 0. The quantitative estimate of drug-likeness (QED) is 0.606. The van der Waals surface area contributed by atoms with Crippen molar-refractivity contribution in [3.05, 3.63) is 23.3 Å². The predicted octanol–water partition coefficient (Wildman–Crippen LogP) is 0.483. The van der Waals surface area contributed by atoms with Crippen LogP contribution in [0.4, 0.5) is 0 Å². The molecule has 1 aromatic carbocycles. The van der Waals surface area contributed by atoms with Gasteiger partial charge < -0.3 is 20.7 Å².